The van der Waals surface area contributed by atoms with E-state index in [1.807, 2.05) is 24.3 Å². The van der Waals surface area contributed by atoms with Crippen LogP contribution in [0.2, 0.25) is 0 Å². The summed E-state index contributed by atoms with van der Waals surface area (Å²) in [7, 11) is 0. The number of hydrogen-bond donors (Lipinski definition) is 0. The zero-order chi connectivity index (χ0) is 21.0. The van der Waals surface area contributed by atoms with Crippen LogP contribution in [0.5, 0.6) is 0 Å². The molecule has 2 aromatic carbocycles. The molecule has 1 saturated carbocycles. The van der Waals surface area contributed by atoms with Crippen LogP contribution in [0.15, 0.2) is 42.5 Å². The van der Waals surface area contributed by atoms with Crippen molar-refractivity contribution in [2.24, 2.45) is 5.92 Å². The van der Waals surface area contributed by atoms with Crippen molar-refractivity contribution in [1.29, 1.82) is 0 Å². The smallest absolute Gasteiger partial charge is 0.206 e. The molecule has 0 amide bonds. The fourth-order valence-electron chi connectivity index (χ4n) is 4.23. The van der Waals surface area contributed by atoms with Crippen molar-refractivity contribution in [2.45, 2.75) is 57.5 Å². The van der Waals surface area contributed by atoms with Crippen molar-refractivity contribution < 1.29 is 22.0 Å². The van der Waals surface area contributed by atoms with E-state index in [-0.39, 0.29) is 6.08 Å². The quantitative estimate of drug-likeness (QED) is 0.437. The van der Waals surface area contributed by atoms with Gasteiger partial charge in [0.25, 0.3) is 0 Å². The van der Waals surface area contributed by atoms with Crippen molar-refractivity contribution in [2.75, 3.05) is 0 Å². The van der Waals surface area contributed by atoms with Gasteiger partial charge < -0.3 is 0 Å². The van der Waals surface area contributed by atoms with Crippen LogP contribution >= 0.6 is 0 Å². The average molecular weight is 408 g/mol. The lowest BCUT2D eigenvalue weighted by molar-refractivity contribution is -0.0790. The Labute approximate surface area is 168 Å². The van der Waals surface area contributed by atoms with E-state index < -0.39 is 23.4 Å². The summed E-state index contributed by atoms with van der Waals surface area (Å²) >= 11 is 0. The van der Waals surface area contributed by atoms with Crippen LogP contribution in [0.4, 0.5) is 22.0 Å². The van der Waals surface area contributed by atoms with Gasteiger partial charge in [0.2, 0.25) is 0 Å². The lowest BCUT2D eigenvalue weighted by Crippen LogP contribution is -2.13. The molecule has 0 spiro atoms. The minimum Gasteiger partial charge on any atom is -0.206 e. The molecule has 0 heterocycles. The third kappa shape index (κ3) is 5.68. The van der Waals surface area contributed by atoms with Crippen LogP contribution < -0.4 is 0 Å². The van der Waals surface area contributed by atoms with E-state index in [2.05, 4.69) is 6.92 Å². The average Bonchev–Trinajstić information content (AvgIpc) is 2.67. The molecule has 2 aromatic rings. The van der Waals surface area contributed by atoms with E-state index in [1.165, 1.54) is 31.2 Å². The molecular formula is C24H25F5. The van der Waals surface area contributed by atoms with E-state index in [4.69, 9.17) is 0 Å². The second-order valence-electron chi connectivity index (χ2n) is 7.86. The summed E-state index contributed by atoms with van der Waals surface area (Å²) < 4.78 is 65.2. The summed E-state index contributed by atoms with van der Waals surface area (Å²) in [4.78, 5) is 0. The van der Waals surface area contributed by atoms with Gasteiger partial charge in [-0.2, -0.15) is 13.2 Å². The highest BCUT2D eigenvalue weighted by atomic mass is 19.4. The summed E-state index contributed by atoms with van der Waals surface area (Å²) in [5.41, 5.74) is 1.49. The fourth-order valence-corrected chi connectivity index (χ4v) is 4.23. The summed E-state index contributed by atoms with van der Waals surface area (Å²) in [5.74, 6) is -0.690. The molecule has 1 aliphatic rings. The second-order valence-corrected chi connectivity index (χ2v) is 7.86. The predicted octanol–water partition coefficient (Wildman–Crippen LogP) is 8.28. The zero-order valence-electron chi connectivity index (χ0n) is 16.4. The van der Waals surface area contributed by atoms with Gasteiger partial charge in [-0.15, -0.1) is 0 Å². The minimum absolute atomic E-state index is 0.168. The Bertz CT molecular complexity index is 818. The lowest BCUT2D eigenvalue weighted by Gasteiger charge is -2.28. The largest absolute Gasteiger partial charge is 0.409 e. The van der Waals surface area contributed by atoms with Gasteiger partial charge in [0.15, 0.2) is 0 Å². The van der Waals surface area contributed by atoms with Crippen LogP contribution in [0.25, 0.3) is 17.2 Å². The zero-order valence-corrected chi connectivity index (χ0v) is 16.4. The summed E-state index contributed by atoms with van der Waals surface area (Å²) in [6, 6.07) is 9.79. The molecular weight excluding hydrogens is 383 g/mol. The SMILES string of the molecule is CCCC1CCC(c2ccc(-c3cc(F)c(C=CC(F)(F)F)c(F)c3)cc2)CC1. The molecule has 0 nitrogen and oxygen atoms in total. The standard InChI is InChI=1S/C24H25F5/c1-2-3-16-4-6-17(7-5-16)18-8-10-19(11-9-18)20-14-22(25)21(23(26)15-20)12-13-24(27,28)29/h8-17H,2-7H2,1H3. The molecule has 0 aromatic heterocycles. The Morgan fingerprint density at radius 3 is 2.00 bits per heavy atom. The van der Waals surface area contributed by atoms with E-state index in [0.29, 0.717) is 23.1 Å². The number of rotatable bonds is 5. The van der Waals surface area contributed by atoms with Gasteiger partial charge in [-0.25, -0.2) is 8.78 Å². The molecule has 156 valence electrons. The topological polar surface area (TPSA) is 0 Å². The Morgan fingerprint density at radius 1 is 0.897 bits per heavy atom. The van der Waals surface area contributed by atoms with Crippen LogP contribution in [-0.2, 0) is 0 Å². The number of halogens is 5. The lowest BCUT2D eigenvalue weighted by atomic mass is 9.77. The summed E-state index contributed by atoms with van der Waals surface area (Å²) in [6.45, 7) is 2.22. The number of benzene rings is 2. The first kappa shape index (κ1) is 21.5. The molecule has 5 heteroatoms. The number of hydrogen-bond acceptors (Lipinski definition) is 0. The highest BCUT2D eigenvalue weighted by Crippen LogP contribution is 2.38. The molecule has 0 atom stereocenters. The molecule has 0 bridgehead atoms. The van der Waals surface area contributed by atoms with E-state index in [1.54, 1.807) is 0 Å². The Kier molecular flexibility index (Phi) is 6.76. The molecule has 3 rings (SSSR count). The van der Waals surface area contributed by atoms with Gasteiger partial charge in [-0.1, -0.05) is 44.0 Å². The maximum Gasteiger partial charge on any atom is 0.409 e. The third-order valence-corrected chi connectivity index (χ3v) is 5.78. The van der Waals surface area contributed by atoms with Crippen LogP contribution in [0.1, 0.15) is 62.5 Å². The van der Waals surface area contributed by atoms with Crippen LogP contribution in [0, 0.1) is 17.6 Å². The first-order valence-corrected chi connectivity index (χ1v) is 10.1. The van der Waals surface area contributed by atoms with E-state index in [9.17, 15) is 22.0 Å². The van der Waals surface area contributed by atoms with Gasteiger partial charge in [-0.3, -0.25) is 0 Å². The predicted molar refractivity (Wildman–Crippen MR) is 106 cm³/mol. The van der Waals surface area contributed by atoms with Crippen LogP contribution in [0.3, 0.4) is 0 Å². The maximum atomic E-state index is 14.2. The molecule has 1 aliphatic carbocycles. The molecule has 0 unspecified atom stereocenters. The minimum atomic E-state index is -4.62. The molecule has 0 N–H and O–H groups in total. The molecule has 0 saturated heterocycles. The highest BCUT2D eigenvalue weighted by molar-refractivity contribution is 5.67. The van der Waals surface area contributed by atoms with Crippen LogP contribution in [-0.4, -0.2) is 6.18 Å². The van der Waals surface area contributed by atoms with Gasteiger partial charge in [0.05, 0.1) is 0 Å². The normalized spacial score (nSPS) is 20.3. The maximum absolute atomic E-state index is 14.2. The Balaban J connectivity index is 1.74. The first-order valence-electron chi connectivity index (χ1n) is 10.1. The number of alkyl halides is 3. The van der Waals surface area contributed by atoms with Crippen molar-refractivity contribution in [3.8, 4) is 11.1 Å². The van der Waals surface area contributed by atoms with Crippen molar-refractivity contribution >= 4 is 6.08 Å². The first-order chi connectivity index (χ1) is 13.8. The number of allylic oxidation sites excluding steroid dienone is 1. The molecule has 1 fully saturated rings. The van der Waals surface area contributed by atoms with Crippen molar-refractivity contribution in [1.82, 2.24) is 0 Å². The van der Waals surface area contributed by atoms with E-state index >= 15 is 0 Å². The van der Waals surface area contributed by atoms with Gasteiger partial charge in [-0.05, 0) is 72.4 Å². The molecule has 29 heavy (non-hydrogen) atoms. The molecule has 0 aliphatic heterocycles. The third-order valence-electron chi connectivity index (χ3n) is 5.78. The fraction of sp³-hybridized carbons (Fsp3) is 0.417. The summed E-state index contributed by atoms with van der Waals surface area (Å²) in [5, 5.41) is 0. The van der Waals surface area contributed by atoms with Gasteiger partial charge in [0.1, 0.15) is 11.6 Å². The molecule has 0 radical (unpaired) electrons. The van der Waals surface area contributed by atoms with Crippen molar-refractivity contribution in [3.05, 3.63) is 65.2 Å². The summed E-state index contributed by atoms with van der Waals surface area (Å²) in [6.07, 6.45) is 2.95. The Hall–Kier alpha value is -2.17. The Morgan fingerprint density at radius 2 is 1.48 bits per heavy atom. The van der Waals surface area contributed by atoms with Gasteiger partial charge >= 0.3 is 6.18 Å². The van der Waals surface area contributed by atoms with E-state index in [0.717, 1.165) is 30.9 Å². The monoisotopic (exact) mass is 408 g/mol. The van der Waals surface area contributed by atoms with Crippen molar-refractivity contribution in [3.63, 3.8) is 0 Å². The van der Waals surface area contributed by atoms with Gasteiger partial charge in [0, 0.05) is 11.6 Å². The second kappa shape index (κ2) is 9.10. The highest BCUT2D eigenvalue weighted by Gasteiger charge is 2.23.